The number of aryl methyl sites for hydroxylation is 1. The Morgan fingerprint density at radius 1 is 1.17 bits per heavy atom. The molecule has 0 bridgehead atoms. The maximum atomic E-state index is 12.7. The van der Waals surface area contributed by atoms with Crippen LogP contribution in [0.25, 0.3) is 0 Å². The summed E-state index contributed by atoms with van der Waals surface area (Å²) in [5.74, 6) is -0.401. The third kappa shape index (κ3) is 2.88. The summed E-state index contributed by atoms with van der Waals surface area (Å²) >= 11 is 1.24. The van der Waals surface area contributed by atoms with Gasteiger partial charge < -0.3 is 0 Å². The molecule has 6 heteroatoms. The van der Waals surface area contributed by atoms with E-state index in [0.29, 0.717) is 5.69 Å². The lowest BCUT2D eigenvalue weighted by molar-refractivity contribution is 0.603. The lowest BCUT2D eigenvalue weighted by atomic mass is 10.3. The van der Waals surface area contributed by atoms with Gasteiger partial charge in [-0.1, -0.05) is 6.92 Å². The van der Waals surface area contributed by atoms with Crippen LogP contribution in [0.2, 0.25) is 0 Å². The van der Waals surface area contributed by atoms with Crippen LogP contribution in [0.5, 0.6) is 0 Å². The molecule has 1 aromatic carbocycles. The van der Waals surface area contributed by atoms with E-state index in [2.05, 4.69) is 4.72 Å². The number of thiophene rings is 1. The van der Waals surface area contributed by atoms with Crippen LogP contribution in [0.4, 0.5) is 10.1 Å². The zero-order valence-electron chi connectivity index (χ0n) is 9.68. The topological polar surface area (TPSA) is 46.2 Å². The Kier molecular flexibility index (Phi) is 3.68. The first-order valence-corrected chi connectivity index (χ1v) is 7.68. The lowest BCUT2D eigenvalue weighted by Crippen LogP contribution is -2.11. The molecule has 2 rings (SSSR count). The summed E-state index contributed by atoms with van der Waals surface area (Å²) in [6, 6.07) is 8.58. The van der Waals surface area contributed by atoms with Crippen molar-refractivity contribution in [3.63, 3.8) is 0 Å². The second kappa shape index (κ2) is 5.07. The van der Waals surface area contributed by atoms with E-state index in [1.165, 1.54) is 35.6 Å². The minimum absolute atomic E-state index is 0.267. The van der Waals surface area contributed by atoms with Gasteiger partial charge in [-0.2, -0.15) is 0 Å². The number of anilines is 1. The quantitative estimate of drug-likeness (QED) is 0.937. The van der Waals surface area contributed by atoms with E-state index in [1.807, 2.05) is 6.92 Å². The van der Waals surface area contributed by atoms with Crippen LogP contribution in [-0.4, -0.2) is 8.42 Å². The van der Waals surface area contributed by atoms with Crippen molar-refractivity contribution in [1.82, 2.24) is 0 Å². The molecule has 96 valence electrons. The number of hydrogen-bond acceptors (Lipinski definition) is 3. The Bertz CT molecular complexity index is 632. The summed E-state index contributed by atoms with van der Waals surface area (Å²) < 4.78 is 39.4. The fourth-order valence-electron chi connectivity index (χ4n) is 1.42. The van der Waals surface area contributed by atoms with E-state index in [0.717, 1.165) is 11.3 Å². The second-order valence-electron chi connectivity index (χ2n) is 3.69. The van der Waals surface area contributed by atoms with Crippen molar-refractivity contribution >= 4 is 27.0 Å². The Morgan fingerprint density at radius 2 is 1.83 bits per heavy atom. The lowest BCUT2D eigenvalue weighted by Gasteiger charge is -2.05. The molecule has 0 aliphatic heterocycles. The Hall–Kier alpha value is -1.40. The summed E-state index contributed by atoms with van der Waals surface area (Å²) in [6.07, 6.45) is 0.802. The molecule has 18 heavy (non-hydrogen) atoms. The van der Waals surface area contributed by atoms with Gasteiger partial charge in [0.05, 0.1) is 0 Å². The highest BCUT2D eigenvalue weighted by Gasteiger charge is 2.16. The highest BCUT2D eigenvalue weighted by atomic mass is 32.2. The minimum Gasteiger partial charge on any atom is -0.279 e. The Balaban J connectivity index is 2.24. The highest BCUT2D eigenvalue weighted by molar-refractivity contribution is 7.94. The number of benzene rings is 1. The van der Waals surface area contributed by atoms with Crippen LogP contribution in [0.15, 0.2) is 40.6 Å². The largest absolute Gasteiger partial charge is 0.279 e. The van der Waals surface area contributed by atoms with E-state index in [9.17, 15) is 12.8 Å². The molecule has 0 unspecified atom stereocenters. The molecule has 1 heterocycles. The molecular formula is C12H12FNO2S2. The Morgan fingerprint density at radius 3 is 2.39 bits per heavy atom. The molecule has 0 amide bonds. The van der Waals surface area contributed by atoms with E-state index in [1.54, 1.807) is 12.1 Å². The Labute approximate surface area is 109 Å². The van der Waals surface area contributed by atoms with Crippen molar-refractivity contribution < 1.29 is 12.8 Å². The molecule has 0 spiro atoms. The molecule has 1 N–H and O–H groups in total. The predicted octanol–water partition coefficient (Wildman–Crippen LogP) is 3.25. The van der Waals surface area contributed by atoms with Gasteiger partial charge in [-0.05, 0) is 42.8 Å². The second-order valence-corrected chi connectivity index (χ2v) is 6.76. The average molecular weight is 285 g/mol. The zero-order chi connectivity index (χ0) is 13.2. The zero-order valence-corrected chi connectivity index (χ0v) is 11.3. The van der Waals surface area contributed by atoms with Crippen LogP contribution >= 0.6 is 11.3 Å². The van der Waals surface area contributed by atoms with Gasteiger partial charge in [0.1, 0.15) is 10.0 Å². The van der Waals surface area contributed by atoms with Gasteiger partial charge in [0.25, 0.3) is 10.0 Å². The first-order valence-electron chi connectivity index (χ1n) is 5.38. The first kappa shape index (κ1) is 13.0. The van der Waals surface area contributed by atoms with Crippen molar-refractivity contribution in [3.8, 4) is 0 Å². The molecule has 0 radical (unpaired) electrons. The summed E-state index contributed by atoms with van der Waals surface area (Å²) in [5.41, 5.74) is 0.350. The van der Waals surface area contributed by atoms with Crippen molar-refractivity contribution in [1.29, 1.82) is 0 Å². The standard InChI is InChI=1S/C12H12FNO2S2/c1-2-11-7-8-12(17-11)18(15,16)14-10-5-3-9(13)4-6-10/h3-8,14H,2H2,1H3. The van der Waals surface area contributed by atoms with Crippen LogP contribution in [0.1, 0.15) is 11.8 Å². The number of halogens is 1. The van der Waals surface area contributed by atoms with Gasteiger partial charge in [-0.15, -0.1) is 11.3 Å². The monoisotopic (exact) mass is 285 g/mol. The molecule has 1 aromatic heterocycles. The molecule has 0 atom stereocenters. The SMILES string of the molecule is CCc1ccc(S(=O)(=O)Nc2ccc(F)cc2)s1. The van der Waals surface area contributed by atoms with Gasteiger partial charge in [0, 0.05) is 10.6 Å². The molecule has 0 aliphatic carbocycles. The van der Waals surface area contributed by atoms with Crippen molar-refractivity contribution in [2.45, 2.75) is 17.6 Å². The summed E-state index contributed by atoms with van der Waals surface area (Å²) in [4.78, 5) is 1.01. The van der Waals surface area contributed by atoms with Crippen molar-refractivity contribution in [2.24, 2.45) is 0 Å². The summed E-state index contributed by atoms with van der Waals surface area (Å²) in [7, 11) is -3.57. The van der Waals surface area contributed by atoms with Gasteiger partial charge in [-0.3, -0.25) is 4.72 Å². The third-order valence-corrected chi connectivity index (χ3v) is 5.45. The molecule has 0 saturated heterocycles. The van der Waals surface area contributed by atoms with Gasteiger partial charge in [0.15, 0.2) is 0 Å². The van der Waals surface area contributed by atoms with E-state index in [-0.39, 0.29) is 4.21 Å². The maximum absolute atomic E-state index is 12.7. The van der Waals surface area contributed by atoms with E-state index in [4.69, 9.17) is 0 Å². The smallest absolute Gasteiger partial charge is 0.271 e. The molecule has 0 fully saturated rings. The molecule has 0 saturated carbocycles. The minimum atomic E-state index is -3.57. The predicted molar refractivity (Wildman–Crippen MR) is 70.9 cm³/mol. The fraction of sp³-hybridized carbons (Fsp3) is 0.167. The van der Waals surface area contributed by atoms with Crippen LogP contribution in [0, 0.1) is 5.82 Å². The molecular weight excluding hydrogens is 273 g/mol. The number of sulfonamides is 1. The van der Waals surface area contributed by atoms with Gasteiger partial charge in [0.2, 0.25) is 0 Å². The third-order valence-electron chi connectivity index (χ3n) is 2.35. The van der Waals surface area contributed by atoms with Crippen molar-refractivity contribution in [3.05, 3.63) is 47.1 Å². The number of rotatable bonds is 4. The van der Waals surface area contributed by atoms with Crippen LogP contribution < -0.4 is 4.72 Å². The summed E-state index contributed by atoms with van der Waals surface area (Å²) in [5, 5.41) is 0. The number of nitrogens with one attached hydrogen (secondary N) is 1. The van der Waals surface area contributed by atoms with Crippen LogP contribution in [-0.2, 0) is 16.4 Å². The molecule has 3 nitrogen and oxygen atoms in total. The van der Waals surface area contributed by atoms with Gasteiger partial charge >= 0.3 is 0 Å². The number of hydrogen-bond donors (Lipinski definition) is 1. The molecule has 0 aliphatic rings. The average Bonchev–Trinajstić information content (AvgIpc) is 2.81. The van der Waals surface area contributed by atoms with E-state index < -0.39 is 15.8 Å². The highest BCUT2D eigenvalue weighted by Crippen LogP contribution is 2.24. The van der Waals surface area contributed by atoms with Crippen LogP contribution in [0.3, 0.4) is 0 Å². The van der Waals surface area contributed by atoms with E-state index >= 15 is 0 Å². The van der Waals surface area contributed by atoms with Crippen molar-refractivity contribution in [2.75, 3.05) is 4.72 Å². The maximum Gasteiger partial charge on any atom is 0.271 e. The fourth-order valence-corrected chi connectivity index (χ4v) is 3.77. The molecule has 2 aromatic rings. The summed E-state index contributed by atoms with van der Waals surface area (Å²) in [6.45, 7) is 1.97. The normalized spacial score (nSPS) is 11.4. The first-order chi connectivity index (χ1) is 8.51. The van der Waals surface area contributed by atoms with Gasteiger partial charge in [-0.25, -0.2) is 12.8 Å².